The first kappa shape index (κ1) is 10.8. The number of rotatable bonds is 1. The molecule has 0 saturated heterocycles. The Hall–Kier alpha value is -2.35. The lowest BCUT2D eigenvalue weighted by Crippen LogP contribution is -2.19. The van der Waals surface area contributed by atoms with Gasteiger partial charge in [0.15, 0.2) is 0 Å². The lowest BCUT2D eigenvalue weighted by atomic mass is 10.1. The second kappa shape index (κ2) is 4.15. The van der Waals surface area contributed by atoms with Gasteiger partial charge in [-0.2, -0.15) is 0 Å². The van der Waals surface area contributed by atoms with E-state index in [1.165, 1.54) is 5.39 Å². The second-order valence-electron chi connectivity index (χ2n) is 4.40. The molecule has 1 aromatic heterocycles. The Balaban J connectivity index is 2.26. The highest BCUT2D eigenvalue weighted by atomic mass is 16.1. The van der Waals surface area contributed by atoms with Crippen molar-refractivity contribution in [2.24, 2.45) is 0 Å². The minimum atomic E-state index is 0.0350. The fourth-order valence-electron chi connectivity index (χ4n) is 2.13. The Morgan fingerprint density at radius 1 is 0.889 bits per heavy atom. The molecule has 0 amide bonds. The molecule has 0 aliphatic rings. The number of nitrogens with zero attached hydrogens (tertiary/aromatic N) is 1. The molecule has 0 spiro atoms. The number of aryl methyl sites for hydroxylation is 1. The molecule has 88 valence electrons. The second-order valence-corrected chi connectivity index (χ2v) is 4.40. The first-order chi connectivity index (χ1) is 8.75. The maximum atomic E-state index is 12.1. The Labute approximate surface area is 105 Å². The summed E-state index contributed by atoms with van der Waals surface area (Å²) in [5.41, 5.74) is 1.70. The Kier molecular flexibility index (Phi) is 2.49. The first-order valence-corrected chi connectivity index (χ1v) is 5.93. The minimum Gasteiger partial charge on any atom is -0.284 e. The molecular weight excluding hydrogens is 222 g/mol. The summed E-state index contributed by atoms with van der Waals surface area (Å²) in [5.74, 6) is 0. The summed E-state index contributed by atoms with van der Waals surface area (Å²) in [6, 6.07) is 17.9. The molecule has 0 N–H and O–H groups in total. The number of hydrogen-bond donors (Lipinski definition) is 0. The molecule has 2 heteroatoms. The van der Waals surface area contributed by atoms with E-state index >= 15 is 0 Å². The third-order valence-corrected chi connectivity index (χ3v) is 3.15. The third-order valence-electron chi connectivity index (χ3n) is 3.15. The highest BCUT2D eigenvalue weighted by Crippen LogP contribution is 2.17. The van der Waals surface area contributed by atoms with Gasteiger partial charge < -0.3 is 0 Å². The van der Waals surface area contributed by atoms with E-state index in [9.17, 15) is 4.79 Å². The van der Waals surface area contributed by atoms with Gasteiger partial charge in [-0.1, -0.05) is 36.4 Å². The van der Waals surface area contributed by atoms with Crippen molar-refractivity contribution in [3.63, 3.8) is 0 Å². The zero-order valence-corrected chi connectivity index (χ0v) is 10.1. The molecule has 0 bridgehead atoms. The molecule has 0 fully saturated rings. The highest BCUT2D eigenvalue weighted by molar-refractivity contribution is 5.84. The van der Waals surface area contributed by atoms with E-state index in [-0.39, 0.29) is 5.56 Å². The van der Waals surface area contributed by atoms with Gasteiger partial charge in [0.05, 0.1) is 0 Å². The van der Waals surface area contributed by atoms with Gasteiger partial charge in [-0.25, -0.2) is 0 Å². The molecule has 0 radical (unpaired) electrons. The molecular formula is C16H13NO. The molecule has 0 aliphatic carbocycles. The summed E-state index contributed by atoms with van der Waals surface area (Å²) >= 11 is 0. The van der Waals surface area contributed by atoms with Crippen molar-refractivity contribution in [1.29, 1.82) is 0 Å². The van der Waals surface area contributed by atoms with Crippen LogP contribution in [0.15, 0.2) is 65.6 Å². The molecule has 0 unspecified atom stereocenters. The Morgan fingerprint density at radius 2 is 1.67 bits per heavy atom. The Bertz CT molecular complexity index is 771. The van der Waals surface area contributed by atoms with Crippen LogP contribution in [0.3, 0.4) is 0 Å². The summed E-state index contributed by atoms with van der Waals surface area (Å²) in [5, 5.41) is 2.32. The molecule has 3 aromatic rings. The summed E-state index contributed by atoms with van der Waals surface area (Å²) in [4.78, 5) is 12.1. The average Bonchev–Trinajstić information content (AvgIpc) is 2.41. The molecule has 2 nitrogen and oxygen atoms in total. The number of pyridine rings is 1. The van der Waals surface area contributed by atoms with Crippen LogP contribution in [0.2, 0.25) is 0 Å². The zero-order chi connectivity index (χ0) is 12.5. The van der Waals surface area contributed by atoms with Gasteiger partial charge in [-0.3, -0.25) is 9.36 Å². The molecule has 3 rings (SSSR count). The fourth-order valence-corrected chi connectivity index (χ4v) is 2.13. The van der Waals surface area contributed by atoms with E-state index in [1.807, 2.05) is 49.4 Å². The molecule has 0 atom stereocenters. The third kappa shape index (κ3) is 1.72. The van der Waals surface area contributed by atoms with Crippen LogP contribution in [-0.4, -0.2) is 4.57 Å². The van der Waals surface area contributed by atoms with Crippen LogP contribution in [0.25, 0.3) is 16.5 Å². The van der Waals surface area contributed by atoms with Gasteiger partial charge in [0.25, 0.3) is 5.56 Å². The van der Waals surface area contributed by atoms with E-state index in [2.05, 4.69) is 12.1 Å². The lowest BCUT2D eigenvalue weighted by molar-refractivity contribution is 0.973. The summed E-state index contributed by atoms with van der Waals surface area (Å²) in [7, 11) is 0. The van der Waals surface area contributed by atoms with Crippen molar-refractivity contribution in [3.05, 3.63) is 76.7 Å². The van der Waals surface area contributed by atoms with Crippen molar-refractivity contribution in [2.75, 3.05) is 0 Å². The van der Waals surface area contributed by atoms with Crippen LogP contribution >= 0.6 is 0 Å². The van der Waals surface area contributed by atoms with Crippen LogP contribution in [0.5, 0.6) is 0 Å². The summed E-state index contributed by atoms with van der Waals surface area (Å²) in [6.07, 6.45) is 1.80. The van der Waals surface area contributed by atoms with Crippen molar-refractivity contribution in [3.8, 4) is 5.69 Å². The summed E-state index contributed by atoms with van der Waals surface area (Å²) < 4.78 is 1.68. The van der Waals surface area contributed by atoms with E-state index in [1.54, 1.807) is 10.8 Å². The topological polar surface area (TPSA) is 22.0 Å². The van der Waals surface area contributed by atoms with Crippen LogP contribution in [0.1, 0.15) is 5.56 Å². The van der Waals surface area contributed by atoms with E-state index in [4.69, 9.17) is 0 Å². The van der Waals surface area contributed by atoms with Crippen molar-refractivity contribution >= 4 is 10.8 Å². The standard InChI is InChI=1S/C16H13NO/c1-12-5-4-10-17(16(12)18)15-9-8-13-6-2-3-7-14(13)11-15/h2-11H,1H3. The predicted molar refractivity (Wildman–Crippen MR) is 74.3 cm³/mol. The Morgan fingerprint density at radius 3 is 2.50 bits per heavy atom. The maximum absolute atomic E-state index is 12.1. The quantitative estimate of drug-likeness (QED) is 0.634. The normalized spacial score (nSPS) is 10.7. The van der Waals surface area contributed by atoms with Crippen molar-refractivity contribution in [2.45, 2.75) is 6.92 Å². The van der Waals surface area contributed by atoms with Gasteiger partial charge >= 0.3 is 0 Å². The van der Waals surface area contributed by atoms with Gasteiger partial charge in [0.1, 0.15) is 0 Å². The van der Waals surface area contributed by atoms with Gasteiger partial charge in [-0.05, 0) is 35.9 Å². The van der Waals surface area contributed by atoms with E-state index < -0.39 is 0 Å². The van der Waals surface area contributed by atoms with E-state index in [0.29, 0.717) is 0 Å². The molecule has 0 aliphatic heterocycles. The maximum Gasteiger partial charge on any atom is 0.257 e. The van der Waals surface area contributed by atoms with Crippen molar-refractivity contribution in [1.82, 2.24) is 4.57 Å². The number of aromatic nitrogens is 1. The lowest BCUT2D eigenvalue weighted by Gasteiger charge is -2.07. The summed E-state index contributed by atoms with van der Waals surface area (Å²) in [6.45, 7) is 1.83. The van der Waals surface area contributed by atoms with Gasteiger partial charge in [-0.15, -0.1) is 0 Å². The highest BCUT2D eigenvalue weighted by Gasteiger charge is 2.02. The van der Waals surface area contributed by atoms with Crippen LogP contribution in [0, 0.1) is 6.92 Å². The first-order valence-electron chi connectivity index (χ1n) is 5.93. The monoisotopic (exact) mass is 235 g/mol. The average molecular weight is 235 g/mol. The fraction of sp³-hybridized carbons (Fsp3) is 0.0625. The molecule has 2 aromatic carbocycles. The van der Waals surface area contributed by atoms with Gasteiger partial charge in [0.2, 0.25) is 0 Å². The minimum absolute atomic E-state index is 0.0350. The van der Waals surface area contributed by atoms with E-state index in [0.717, 1.165) is 16.6 Å². The smallest absolute Gasteiger partial charge is 0.257 e. The largest absolute Gasteiger partial charge is 0.284 e. The van der Waals surface area contributed by atoms with Crippen LogP contribution in [0.4, 0.5) is 0 Å². The van der Waals surface area contributed by atoms with Crippen molar-refractivity contribution < 1.29 is 0 Å². The number of fused-ring (bicyclic) bond motifs is 1. The zero-order valence-electron chi connectivity index (χ0n) is 10.1. The predicted octanol–water partition coefficient (Wildman–Crippen LogP) is 3.30. The number of hydrogen-bond acceptors (Lipinski definition) is 1. The molecule has 0 saturated carbocycles. The molecule has 1 heterocycles. The van der Waals surface area contributed by atoms with Crippen LogP contribution < -0.4 is 5.56 Å². The number of benzene rings is 2. The van der Waals surface area contributed by atoms with Crippen LogP contribution in [-0.2, 0) is 0 Å². The molecule has 18 heavy (non-hydrogen) atoms. The SMILES string of the molecule is Cc1cccn(-c2ccc3ccccc3c2)c1=O. The van der Waals surface area contributed by atoms with Gasteiger partial charge in [0, 0.05) is 17.4 Å².